The molecule has 0 aliphatic carbocycles. The lowest BCUT2D eigenvalue weighted by Crippen LogP contribution is -2.28. The summed E-state index contributed by atoms with van der Waals surface area (Å²) in [5, 5.41) is 0. The monoisotopic (exact) mass is 202 g/mol. The molecule has 0 fully saturated rings. The van der Waals surface area contributed by atoms with Crippen molar-refractivity contribution in [1.29, 1.82) is 0 Å². The molecule has 0 saturated carbocycles. The predicted octanol–water partition coefficient (Wildman–Crippen LogP) is 1.67. The quantitative estimate of drug-likeness (QED) is 0.685. The lowest BCUT2D eigenvalue weighted by molar-refractivity contribution is 0.416. The van der Waals surface area contributed by atoms with Gasteiger partial charge in [-0.25, -0.2) is 0 Å². The minimum atomic E-state index is 0.930. The van der Waals surface area contributed by atoms with E-state index in [1.807, 2.05) is 12.1 Å². The van der Waals surface area contributed by atoms with Gasteiger partial charge in [0.05, 0.1) is 0 Å². The van der Waals surface area contributed by atoms with Crippen molar-refractivity contribution >= 4 is 5.69 Å². The average Bonchev–Trinajstić information content (AvgIpc) is 2.26. The van der Waals surface area contributed by atoms with Crippen LogP contribution < -0.4 is 4.90 Å². The van der Waals surface area contributed by atoms with E-state index in [0.717, 1.165) is 18.7 Å². The van der Waals surface area contributed by atoms with Gasteiger partial charge in [0.25, 0.3) is 0 Å². The first-order valence-corrected chi connectivity index (χ1v) is 5.06. The first-order chi connectivity index (χ1) is 7.13. The van der Waals surface area contributed by atoms with E-state index in [0.29, 0.717) is 0 Å². The second-order valence-corrected chi connectivity index (χ2v) is 3.92. The molecule has 0 saturated heterocycles. The molecular weight excluding hydrogens is 184 g/mol. The van der Waals surface area contributed by atoms with E-state index in [1.165, 1.54) is 5.69 Å². The molecule has 0 heterocycles. The highest BCUT2D eigenvalue weighted by Gasteiger charge is 2.00. The van der Waals surface area contributed by atoms with E-state index in [9.17, 15) is 0 Å². The maximum absolute atomic E-state index is 5.30. The van der Waals surface area contributed by atoms with Gasteiger partial charge < -0.3 is 9.80 Å². The van der Waals surface area contributed by atoms with E-state index >= 15 is 0 Å². The topological polar surface area (TPSA) is 6.48 Å². The average molecular weight is 202 g/mol. The summed E-state index contributed by atoms with van der Waals surface area (Å²) in [5.41, 5.74) is 2.13. The van der Waals surface area contributed by atoms with Crippen molar-refractivity contribution in [3.05, 3.63) is 29.8 Å². The number of hydrogen-bond donors (Lipinski definition) is 0. The molecule has 0 aromatic heterocycles. The van der Waals surface area contributed by atoms with Gasteiger partial charge in [-0.3, -0.25) is 0 Å². The molecule has 80 valence electrons. The van der Waals surface area contributed by atoms with Crippen LogP contribution in [0.3, 0.4) is 0 Å². The molecular formula is C13H18N2. The third-order valence-corrected chi connectivity index (χ3v) is 2.36. The van der Waals surface area contributed by atoms with Crippen molar-refractivity contribution in [2.75, 3.05) is 39.1 Å². The molecule has 0 atom stereocenters. The number of rotatable bonds is 4. The molecule has 0 radical (unpaired) electrons. The zero-order valence-corrected chi connectivity index (χ0v) is 9.70. The maximum atomic E-state index is 5.30. The Hall–Kier alpha value is -1.46. The van der Waals surface area contributed by atoms with Gasteiger partial charge in [-0.05, 0) is 38.4 Å². The standard InChI is InChI=1S/C13H18N2/c1-5-12-6-8-13(9-7-12)15(4)11-10-14(2)3/h1,6-9H,10-11H2,2-4H3. The van der Waals surface area contributed by atoms with Crippen molar-refractivity contribution in [3.8, 4) is 12.3 Å². The van der Waals surface area contributed by atoms with Gasteiger partial charge in [-0.15, -0.1) is 6.42 Å². The number of nitrogens with zero attached hydrogens (tertiary/aromatic N) is 2. The van der Waals surface area contributed by atoms with Gasteiger partial charge in [0.1, 0.15) is 0 Å². The third kappa shape index (κ3) is 3.65. The van der Waals surface area contributed by atoms with Crippen LogP contribution in [0, 0.1) is 12.3 Å². The van der Waals surface area contributed by atoms with Crippen LogP contribution in [0.1, 0.15) is 5.56 Å². The Morgan fingerprint density at radius 2 is 1.67 bits per heavy atom. The van der Waals surface area contributed by atoms with Crippen LogP contribution in [0.5, 0.6) is 0 Å². The first kappa shape index (κ1) is 11.6. The minimum Gasteiger partial charge on any atom is -0.373 e. The summed E-state index contributed by atoms with van der Waals surface area (Å²) in [6.07, 6.45) is 5.30. The number of anilines is 1. The van der Waals surface area contributed by atoms with Crippen molar-refractivity contribution in [3.63, 3.8) is 0 Å². The Morgan fingerprint density at radius 1 is 1.07 bits per heavy atom. The summed E-state index contributed by atoms with van der Waals surface area (Å²) in [6.45, 7) is 2.07. The zero-order chi connectivity index (χ0) is 11.3. The summed E-state index contributed by atoms with van der Waals surface area (Å²) < 4.78 is 0. The molecule has 0 bridgehead atoms. The van der Waals surface area contributed by atoms with E-state index in [-0.39, 0.29) is 0 Å². The van der Waals surface area contributed by atoms with Gasteiger partial charge in [0, 0.05) is 31.4 Å². The lowest BCUT2D eigenvalue weighted by Gasteiger charge is -2.21. The molecule has 0 aliphatic rings. The summed E-state index contributed by atoms with van der Waals surface area (Å²) in [7, 11) is 6.25. The van der Waals surface area contributed by atoms with Gasteiger partial charge >= 0.3 is 0 Å². The van der Waals surface area contributed by atoms with Gasteiger partial charge in [-0.2, -0.15) is 0 Å². The van der Waals surface area contributed by atoms with Crippen molar-refractivity contribution in [1.82, 2.24) is 4.90 Å². The van der Waals surface area contributed by atoms with Crippen molar-refractivity contribution < 1.29 is 0 Å². The first-order valence-electron chi connectivity index (χ1n) is 5.06. The summed E-state index contributed by atoms with van der Waals surface area (Å²) in [6, 6.07) is 8.07. The molecule has 2 nitrogen and oxygen atoms in total. The lowest BCUT2D eigenvalue weighted by atomic mass is 10.2. The second kappa shape index (κ2) is 5.43. The minimum absolute atomic E-state index is 0.930. The number of hydrogen-bond acceptors (Lipinski definition) is 2. The molecule has 1 aromatic rings. The number of terminal acetylenes is 1. The molecule has 2 heteroatoms. The maximum Gasteiger partial charge on any atom is 0.0364 e. The summed E-state index contributed by atoms with van der Waals surface area (Å²) >= 11 is 0. The molecule has 0 aliphatic heterocycles. The summed E-state index contributed by atoms with van der Waals surface area (Å²) in [4.78, 5) is 4.40. The molecule has 0 spiro atoms. The molecule has 1 aromatic carbocycles. The Morgan fingerprint density at radius 3 is 2.13 bits per heavy atom. The molecule has 0 N–H and O–H groups in total. The highest BCUT2D eigenvalue weighted by molar-refractivity contribution is 5.49. The van der Waals surface area contributed by atoms with E-state index < -0.39 is 0 Å². The Kier molecular flexibility index (Phi) is 4.20. The van der Waals surface area contributed by atoms with Crippen LogP contribution >= 0.6 is 0 Å². The van der Waals surface area contributed by atoms with Crippen LogP contribution in [0.25, 0.3) is 0 Å². The molecule has 1 rings (SSSR count). The summed E-state index contributed by atoms with van der Waals surface area (Å²) in [5.74, 6) is 2.62. The molecule has 0 unspecified atom stereocenters. The normalized spacial score (nSPS) is 10.1. The van der Waals surface area contributed by atoms with Gasteiger partial charge in [0.15, 0.2) is 0 Å². The SMILES string of the molecule is C#Cc1ccc(N(C)CCN(C)C)cc1. The largest absolute Gasteiger partial charge is 0.373 e. The predicted molar refractivity (Wildman–Crippen MR) is 66.2 cm³/mol. The van der Waals surface area contributed by atoms with Gasteiger partial charge in [-0.1, -0.05) is 5.92 Å². The fourth-order valence-electron chi connectivity index (χ4n) is 1.29. The van der Waals surface area contributed by atoms with Crippen molar-refractivity contribution in [2.24, 2.45) is 0 Å². The van der Waals surface area contributed by atoms with E-state index in [1.54, 1.807) is 0 Å². The fraction of sp³-hybridized carbons (Fsp3) is 0.385. The Labute approximate surface area is 92.5 Å². The number of benzene rings is 1. The number of likely N-dealkylation sites (N-methyl/N-ethyl adjacent to an activating group) is 2. The smallest absolute Gasteiger partial charge is 0.0364 e. The van der Waals surface area contributed by atoms with Crippen LogP contribution in [0.2, 0.25) is 0 Å². The van der Waals surface area contributed by atoms with Crippen LogP contribution in [-0.2, 0) is 0 Å². The van der Waals surface area contributed by atoms with Crippen LogP contribution in [-0.4, -0.2) is 39.1 Å². The zero-order valence-electron chi connectivity index (χ0n) is 9.70. The fourth-order valence-corrected chi connectivity index (χ4v) is 1.29. The van der Waals surface area contributed by atoms with Gasteiger partial charge in [0.2, 0.25) is 0 Å². The van der Waals surface area contributed by atoms with E-state index in [4.69, 9.17) is 6.42 Å². The van der Waals surface area contributed by atoms with Crippen molar-refractivity contribution in [2.45, 2.75) is 0 Å². The Bertz CT molecular complexity index is 333. The van der Waals surface area contributed by atoms with Crippen LogP contribution in [0.4, 0.5) is 5.69 Å². The molecule has 15 heavy (non-hydrogen) atoms. The second-order valence-electron chi connectivity index (χ2n) is 3.92. The highest BCUT2D eigenvalue weighted by Crippen LogP contribution is 2.12. The highest BCUT2D eigenvalue weighted by atomic mass is 15.1. The van der Waals surface area contributed by atoms with E-state index in [2.05, 4.69) is 49.0 Å². The third-order valence-electron chi connectivity index (χ3n) is 2.36. The Balaban J connectivity index is 2.58. The van der Waals surface area contributed by atoms with Crippen LogP contribution in [0.15, 0.2) is 24.3 Å². The molecule has 0 amide bonds.